The first-order valence-corrected chi connectivity index (χ1v) is 9.37. The molecule has 2 rings (SSSR count). The second-order valence-electron chi connectivity index (χ2n) is 6.25. The van der Waals surface area contributed by atoms with Gasteiger partial charge >= 0.3 is 6.61 Å². The quantitative estimate of drug-likeness (QED) is 0.312. The lowest BCUT2D eigenvalue weighted by atomic mass is 10.1. The Morgan fingerprint density at radius 1 is 1.37 bits per heavy atom. The summed E-state index contributed by atoms with van der Waals surface area (Å²) in [6.07, 6.45) is 1.17. The van der Waals surface area contributed by atoms with Crippen molar-refractivity contribution in [3.8, 4) is 5.75 Å². The van der Waals surface area contributed by atoms with E-state index in [1.54, 1.807) is 6.07 Å². The molecule has 0 aliphatic carbocycles. The predicted octanol–water partition coefficient (Wildman–Crippen LogP) is 3.96. The van der Waals surface area contributed by atoms with Gasteiger partial charge in [0.2, 0.25) is 0 Å². The second kappa shape index (κ2) is 12.6. The molecule has 1 aromatic rings. The number of halogens is 4. The number of hydrogen-bond acceptors (Lipinski definition) is 3. The molecule has 1 heterocycles. The number of nitrogens with zero attached hydrogens (tertiary/aromatic N) is 2. The van der Waals surface area contributed by atoms with Crippen molar-refractivity contribution >= 4 is 41.5 Å². The zero-order valence-corrected chi connectivity index (χ0v) is 18.8. The van der Waals surface area contributed by atoms with Crippen LogP contribution < -0.4 is 15.4 Å². The van der Waals surface area contributed by atoms with Crippen LogP contribution >= 0.6 is 35.6 Å². The van der Waals surface area contributed by atoms with Crippen LogP contribution in [0.15, 0.2) is 23.2 Å². The molecule has 0 spiro atoms. The summed E-state index contributed by atoms with van der Waals surface area (Å²) in [6, 6.07) is 4.56. The average molecular weight is 517 g/mol. The molecule has 1 atom stereocenters. The van der Waals surface area contributed by atoms with Crippen LogP contribution in [0.25, 0.3) is 0 Å². The summed E-state index contributed by atoms with van der Waals surface area (Å²) in [5, 5.41) is 6.98. The summed E-state index contributed by atoms with van der Waals surface area (Å²) >= 11 is 5.98. The summed E-state index contributed by atoms with van der Waals surface area (Å²) in [4.78, 5) is 6.92. The minimum Gasteiger partial charge on any atom is -0.434 e. The molecule has 5 nitrogen and oxygen atoms in total. The maximum Gasteiger partial charge on any atom is 0.387 e. The SMILES string of the molecule is CCNC(=NCc1cc(Cl)ccc1OC(F)F)NCC1CCN(CC)C1.I. The molecule has 1 aliphatic rings. The van der Waals surface area contributed by atoms with Crippen LogP contribution in [0, 0.1) is 5.92 Å². The Hall–Kier alpha value is -0.870. The van der Waals surface area contributed by atoms with Gasteiger partial charge in [0.25, 0.3) is 0 Å². The maximum absolute atomic E-state index is 12.6. The van der Waals surface area contributed by atoms with Gasteiger partial charge < -0.3 is 20.3 Å². The number of ether oxygens (including phenoxy) is 1. The zero-order valence-electron chi connectivity index (χ0n) is 15.7. The third-order valence-electron chi connectivity index (χ3n) is 4.37. The largest absolute Gasteiger partial charge is 0.434 e. The number of nitrogens with one attached hydrogen (secondary N) is 2. The molecule has 1 aliphatic heterocycles. The van der Waals surface area contributed by atoms with Crippen molar-refractivity contribution in [3.05, 3.63) is 28.8 Å². The van der Waals surface area contributed by atoms with E-state index in [4.69, 9.17) is 11.6 Å². The fourth-order valence-corrected chi connectivity index (χ4v) is 3.19. The van der Waals surface area contributed by atoms with Crippen molar-refractivity contribution < 1.29 is 13.5 Å². The van der Waals surface area contributed by atoms with Crippen molar-refractivity contribution in [2.75, 3.05) is 32.7 Å². The van der Waals surface area contributed by atoms with Gasteiger partial charge in [0.05, 0.1) is 6.54 Å². The highest BCUT2D eigenvalue weighted by Gasteiger charge is 2.21. The van der Waals surface area contributed by atoms with E-state index in [2.05, 4.69) is 32.2 Å². The molecule has 2 N–H and O–H groups in total. The number of aliphatic imine (C=N–C) groups is 1. The van der Waals surface area contributed by atoms with Gasteiger partial charge in [0.1, 0.15) is 5.75 Å². The molecule has 0 aromatic heterocycles. The molecule has 1 unspecified atom stereocenters. The highest BCUT2D eigenvalue weighted by molar-refractivity contribution is 14.0. The van der Waals surface area contributed by atoms with Crippen molar-refractivity contribution in [1.29, 1.82) is 0 Å². The number of alkyl halides is 2. The molecule has 1 fully saturated rings. The van der Waals surface area contributed by atoms with E-state index in [0.29, 0.717) is 29.0 Å². The first kappa shape index (κ1) is 24.2. The average Bonchev–Trinajstić information content (AvgIpc) is 3.07. The van der Waals surface area contributed by atoms with E-state index >= 15 is 0 Å². The minimum atomic E-state index is -2.88. The lowest BCUT2D eigenvalue weighted by molar-refractivity contribution is -0.0504. The Labute approximate surface area is 181 Å². The predicted molar refractivity (Wildman–Crippen MR) is 117 cm³/mol. The summed E-state index contributed by atoms with van der Waals surface area (Å²) < 4.78 is 29.7. The summed E-state index contributed by atoms with van der Waals surface area (Å²) in [5.41, 5.74) is 0.521. The Morgan fingerprint density at radius 2 is 2.15 bits per heavy atom. The number of benzene rings is 1. The molecule has 0 amide bonds. The van der Waals surface area contributed by atoms with Crippen molar-refractivity contribution in [1.82, 2.24) is 15.5 Å². The van der Waals surface area contributed by atoms with Gasteiger partial charge in [-0.25, -0.2) is 4.99 Å². The molecule has 1 aromatic carbocycles. The van der Waals surface area contributed by atoms with Crippen LogP contribution in [0.1, 0.15) is 25.8 Å². The Kier molecular flexibility index (Phi) is 11.2. The molecular formula is C18H28ClF2IN4O. The molecule has 9 heteroatoms. The molecule has 27 heavy (non-hydrogen) atoms. The van der Waals surface area contributed by atoms with E-state index in [1.807, 2.05) is 6.92 Å². The van der Waals surface area contributed by atoms with Gasteiger partial charge in [-0.2, -0.15) is 8.78 Å². The Balaban J connectivity index is 0.00000364. The minimum absolute atomic E-state index is 0. The van der Waals surface area contributed by atoms with Gasteiger partial charge in [0.15, 0.2) is 5.96 Å². The molecular weight excluding hydrogens is 489 g/mol. The van der Waals surface area contributed by atoms with Gasteiger partial charge in [0, 0.05) is 30.2 Å². The van der Waals surface area contributed by atoms with Crippen LogP contribution in [0.3, 0.4) is 0 Å². The Bertz CT molecular complexity index is 607. The fourth-order valence-electron chi connectivity index (χ4n) is 3.00. The number of hydrogen-bond donors (Lipinski definition) is 2. The highest BCUT2D eigenvalue weighted by Crippen LogP contribution is 2.25. The summed E-state index contributed by atoms with van der Waals surface area (Å²) in [7, 11) is 0. The maximum atomic E-state index is 12.6. The van der Waals surface area contributed by atoms with Gasteiger partial charge in [-0.15, -0.1) is 24.0 Å². The Morgan fingerprint density at radius 3 is 2.78 bits per heavy atom. The smallest absolute Gasteiger partial charge is 0.387 e. The highest BCUT2D eigenvalue weighted by atomic mass is 127. The van der Waals surface area contributed by atoms with Crippen LogP contribution in [0.2, 0.25) is 5.02 Å². The number of guanidine groups is 1. The van der Waals surface area contributed by atoms with Crippen LogP contribution in [0.5, 0.6) is 5.75 Å². The van der Waals surface area contributed by atoms with E-state index < -0.39 is 6.61 Å². The summed E-state index contributed by atoms with van der Waals surface area (Å²) in [6.45, 7) is 6.31. The summed E-state index contributed by atoms with van der Waals surface area (Å²) in [5.74, 6) is 1.34. The zero-order chi connectivity index (χ0) is 18.9. The van der Waals surface area contributed by atoms with Crippen molar-refractivity contribution in [2.24, 2.45) is 10.9 Å². The van der Waals surface area contributed by atoms with Crippen molar-refractivity contribution in [3.63, 3.8) is 0 Å². The van der Waals surface area contributed by atoms with Crippen LogP contribution in [-0.4, -0.2) is 50.2 Å². The molecule has 154 valence electrons. The molecule has 0 radical (unpaired) electrons. The normalized spacial score (nSPS) is 17.7. The molecule has 1 saturated heterocycles. The van der Waals surface area contributed by atoms with E-state index in [0.717, 1.165) is 26.2 Å². The molecule has 0 saturated carbocycles. The standard InChI is InChI=1S/C18H27ClF2N4O.HI/c1-3-22-18(23-10-13-7-8-25(4-2)12-13)24-11-14-9-15(19)5-6-16(14)26-17(20)21;/h5-6,9,13,17H,3-4,7-8,10-12H2,1-2H3,(H2,22,23,24);1H. The van der Waals surface area contributed by atoms with Crippen molar-refractivity contribution in [2.45, 2.75) is 33.4 Å². The first-order chi connectivity index (χ1) is 12.5. The third kappa shape index (κ3) is 8.35. The second-order valence-corrected chi connectivity index (χ2v) is 6.69. The van der Waals surface area contributed by atoms with Gasteiger partial charge in [-0.3, -0.25) is 0 Å². The van der Waals surface area contributed by atoms with E-state index in [-0.39, 0.29) is 36.3 Å². The topological polar surface area (TPSA) is 48.9 Å². The van der Waals surface area contributed by atoms with Crippen LogP contribution in [-0.2, 0) is 6.54 Å². The van der Waals surface area contributed by atoms with E-state index in [1.165, 1.54) is 18.6 Å². The fraction of sp³-hybridized carbons (Fsp3) is 0.611. The van der Waals surface area contributed by atoms with Gasteiger partial charge in [-0.05, 0) is 50.6 Å². The van der Waals surface area contributed by atoms with Crippen LogP contribution in [0.4, 0.5) is 8.78 Å². The number of likely N-dealkylation sites (tertiary alicyclic amines) is 1. The lowest BCUT2D eigenvalue weighted by Gasteiger charge is -2.16. The number of rotatable bonds is 8. The first-order valence-electron chi connectivity index (χ1n) is 8.99. The lowest BCUT2D eigenvalue weighted by Crippen LogP contribution is -2.40. The van der Waals surface area contributed by atoms with Gasteiger partial charge in [-0.1, -0.05) is 18.5 Å². The third-order valence-corrected chi connectivity index (χ3v) is 4.60. The monoisotopic (exact) mass is 516 g/mol. The van der Waals surface area contributed by atoms with E-state index in [9.17, 15) is 8.78 Å². The molecule has 0 bridgehead atoms.